The average molecular weight is 276 g/mol. The second-order valence-electron chi connectivity index (χ2n) is 3.53. The van der Waals surface area contributed by atoms with Gasteiger partial charge in [-0.15, -0.1) is 11.3 Å². The number of halogens is 4. The van der Waals surface area contributed by atoms with E-state index in [0.717, 1.165) is 17.8 Å². The maximum atomic E-state index is 13.0. The molecule has 7 heteroatoms. The van der Waals surface area contributed by atoms with Gasteiger partial charge in [-0.05, 0) is 18.2 Å². The van der Waals surface area contributed by atoms with Gasteiger partial charge in [0, 0.05) is 11.1 Å². The van der Waals surface area contributed by atoms with Gasteiger partial charge in [0.2, 0.25) is 0 Å². The molecule has 0 aliphatic carbocycles. The zero-order chi connectivity index (χ0) is 13.2. The zero-order valence-corrected chi connectivity index (χ0v) is 9.78. The summed E-state index contributed by atoms with van der Waals surface area (Å²) >= 11 is 1.39. The van der Waals surface area contributed by atoms with E-state index in [1.165, 1.54) is 17.4 Å². The fourth-order valence-electron chi connectivity index (χ4n) is 1.37. The first-order valence-electron chi connectivity index (χ1n) is 4.94. The molecule has 0 saturated carbocycles. The Bertz CT molecular complexity index is 522. The van der Waals surface area contributed by atoms with Crippen LogP contribution in [0.2, 0.25) is 0 Å². The highest BCUT2D eigenvalue weighted by atomic mass is 32.1. The molecule has 2 nitrogen and oxygen atoms in total. The Morgan fingerprint density at radius 3 is 2.67 bits per heavy atom. The average Bonchev–Trinajstić information content (AvgIpc) is 2.79. The minimum absolute atomic E-state index is 0.205. The summed E-state index contributed by atoms with van der Waals surface area (Å²) in [4.78, 5) is 3.98. The van der Waals surface area contributed by atoms with Crippen LogP contribution >= 0.6 is 11.3 Å². The summed E-state index contributed by atoms with van der Waals surface area (Å²) in [5, 5.41) is 4.54. The lowest BCUT2D eigenvalue weighted by atomic mass is 10.2. The van der Waals surface area contributed by atoms with Gasteiger partial charge in [-0.3, -0.25) is 0 Å². The molecule has 0 aliphatic heterocycles. The van der Waals surface area contributed by atoms with Gasteiger partial charge in [0.05, 0.1) is 23.3 Å². The van der Waals surface area contributed by atoms with Crippen LogP contribution in [0.15, 0.2) is 29.1 Å². The number of hydrogen-bond acceptors (Lipinski definition) is 3. The monoisotopic (exact) mass is 276 g/mol. The molecule has 0 amide bonds. The number of nitrogens with zero attached hydrogens (tertiary/aromatic N) is 1. The van der Waals surface area contributed by atoms with Gasteiger partial charge in [0.25, 0.3) is 0 Å². The van der Waals surface area contributed by atoms with Crippen LogP contribution in [-0.2, 0) is 12.7 Å². The molecule has 0 unspecified atom stereocenters. The largest absolute Gasteiger partial charge is 0.419 e. The van der Waals surface area contributed by atoms with E-state index < -0.39 is 17.6 Å². The van der Waals surface area contributed by atoms with Crippen LogP contribution in [-0.4, -0.2) is 4.98 Å². The van der Waals surface area contributed by atoms with Crippen molar-refractivity contribution >= 4 is 17.0 Å². The fourth-order valence-corrected chi connectivity index (χ4v) is 1.93. The Kier molecular flexibility index (Phi) is 3.51. The third-order valence-electron chi connectivity index (χ3n) is 2.23. The molecule has 2 aromatic rings. The van der Waals surface area contributed by atoms with Crippen LogP contribution in [0.5, 0.6) is 0 Å². The minimum atomic E-state index is -4.69. The van der Waals surface area contributed by atoms with E-state index >= 15 is 0 Å². The van der Waals surface area contributed by atoms with E-state index in [1.807, 2.05) is 0 Å². The molecule has 2 rings (SSSR count). The Morgan fingerprint density at radius 2 is 2.06 bits per heavy atom. The third kappa shape index (κ3) is 2.98. The summed E-state index contributed by atoms with van der Waals surface area (Å²) in [7, 11) is 0. The van der Waals surface area contributed by atoms with Crippen molar-refractivity contribution in [2.75, 3.05) is 5.32 Å². The van der Waals surface area contributed by atoms with Crippen molar-refractivity contribution in [3.05, 3.63) is 46.2 Å². The molecule has 0 aliphatic rings. The second-order valence-corrected chi connectivity index (χ2v) is 4.24. The number of rotatable bonds is 3. The van der Waals surface area contributed by atoms with E-state index in [-0.39, 0.29) is 5.69 Å². The molecule has 0 bridgehead atoms. The first-order valence-corrected chi connectivity index (χ1v) is 5.89. The quantitative estimate of drug-likeness (QED) is 0.860. The van der Waals surface area contributed by atoms with Crippen molar-refractivity contribution in [3.8, 4) is 0 Å². The normalized spacial score (nSPS) is 11.6. The van der Waals surface area contributed by atoms with E-state index in [9.17, 15) is 17.6 Å². The van der Waals surface area contributed by atoms with Crippen molar-refractivity contribution in [3.63, 3.8) is 0 Å². The number of hydrogen-bond donors (Lipinski definition) is 1. The maximum absolute atomic E-state index is 13.0. The molecule has 0 fully saturated rings. The van der Waals surface area contributed by atoms with Gasteiger partial charge in [0.15, 0.2) is 0 Å². The van der Waals surface area contributed by atoms with Crippen molar-refractivity contribution < 1.29 is 17.6 Å². The number of nitrogens with one attached hydrogen (secondary N) is 1. The van der Waals surface area contributed by atoms with E-state index in [0.29, 0.717) is 6.54 Å². The number of anilines is 1. The number of benzene rings is 1. The van der Waals surface area contributed by atoms with Gasteiger partial charge >= 0.3 is 6.18 Å². The molecule has 0 spiro atoms. The van der Waals surface area contributed by atoms with Gasteiger partial charge in [-0.1, -0.05) is 0 Å². The number of alkyl halides is 3. The summed E-state index contributed by atoms with van der Waals surface area (Å²) in [5.74, 6) is -1.28. The maximum Gasteiger partial charge on any atom is 0.419 e. The predicted octanol–water partition coefficient (Wildman–Crippen LogP) is 3.91. The molecular formula is C11H8F4N2S. The lowest BCUT2D eigenvalue weighted by Crippen LogP contribution is -2.09. The summed E-state index contributed by atoms with van der Waals surface area (Å²) in [6, 6.07) is 2.81. The SMILES string of the molecule is Fc1ccc(NCc2cscn2)cc1C(F)(F)F. The molecule has 1 heterocycles. The Labute approximate surface area is 104 Å². The highest BCUT2D eigenvalue weighted by Crippen LogP contribution is 2.33. The Balaban J connectivity index is 2.15. The molecule has 0 atom stereocenters. The molecule has 96 valence electrons. The Morgan fingerprint density at radius 1 is 1.28 bits per heavy atom. The summed E-state index contributed by atoms with van der Waals surface area (Å²) in [6.07, 6.45) is -4.69. The van der Waals surface area contributed by atoms with Gasteiger partial charge in [-0.25, -0.2) is 9.37 Å². The van der Waals surface area contributed by atoms with E-state index in [2.05, 4.69) is 10.3 Å². The minimum Gasteiger partial charge on any atom is -0.379 e. The van der Waals surface area contributed by atoms with Crippen molar-refractivity contribution in [1.82, 2.24) is 4.98 Å². The molecule has 0 saturated heterocycles. The molecule has 0 radical (unpaired) electrons. The number of aromatic nitrogens is 1. The van der Waals surface area contributed by atoms with Crippen molar-refractivity contribution in [2.24, 2.45) is 0 Å². The molecule has 1 aromatic carbocycles. The van der Waals surface area contributed by atoms with E-state index in [4.69, 9.17) is 0 Å². The molecule has 18 heavy (non-hydrogen) atoms. The second kappa shape index (κ2) is 4.93. The van der Waals surface area contributed by atoms with Gasteiger partial charge in [0.1, 0.15) is 5.82 Å². The standard InChI is InChI=1S/C11H8F4N2S/c12-10-2-1-7(3-9(10)11(13,14)15)16-4-8-5-18-6-17-8/h1-3,5-6,16H,4H2. The molecule has 1 N–H and O–H groups in total. The summed E-state index contributed by atoms with van der Waals surface area (Å²) in [5.41, 5.74) is 1.28. The zero-order valence-electron chi connectivity index (χ0n) is 8.96. The lowest BCUT2D eigenvalue weighted by Gasteiger charge is -2.11. The highest BCUT2D eigenvalue weighted by molar-refractivity contribution is 7.07. The van der Waals surface area contributed by atoms with Crippen LogP contribution in [0, 0.1) is 5.82 Å². The third-order valence-corrected chi connectivity index (χ3v) is 2.86. The van der Waals surface area contributed by atoms with Crippen LogP contribution in [0.1, 0.15) is 11.3 Å². The topological polar surface area (TPSA) is 24.9 Å². The summed E-state index contributed by atoms with van der Waals surface area (Å²) < 4.78 is 50.4. The Hall–Kier alpha value is -1.63. The number of thiazole rings is 1. The fraction of sp³-hybridized carbons (Fsp3) is 0.182. The van der Waals surface area contributed by atoms with Crippen LogP contribution in [0.4, 0.5) is 23.2 Å². The smallest absolute Gasteiger partial charge is 0.379 e. The van der Waals surface area contributed by atoms with E-state index in [1.54, 1.807) is 10.9 Å². The van der Waals surface area contributed by atoms with Crippen molar-refractivity contribution in [2.45, 2.75) is 12.7 Å². The molecule has 1 aromatic heterocycles. The molecular weight excluding hydrogens is 268 g/mol. The summed E-state index contributed by atoms with van der Waals surface area (Å²) in [6.45, 7) is 0.298. The van der Waals surface area contributed by atoms with Gasteiger partial charge in [-0.2, -0.15) is 13.2 Å². The highest BCUT2D eigenvalue weighted by Gasteiger charge is 2.34. The van der Waals surface area contributed by atoms with Crippen molar-refractivity contribution in [1.29, 1.82) is 0 Å². The van der Waals surface area contributed by atoms with Crippen LogP contribution < -0.4 is 5.32 Å². The predicted molar refractivity (Wildman–Crippen MR) is 60.8 cm³/mol. The lowest BCUT2D eigenvalue weighted by molar-refractivity contribution is -0.139. The first-order chi connectivity index (χ1) is 8.47. The van der Waals surface area contributed by atoms with Crippen LogP contribution in [0.3, 0.4) is 0 Å². The first kappa shape index (κ1) is 12.8. The van der Waals surface area contributed by atoms with Gasteiger partial charge < -0.3 is 5.32 Å². The van der Waals surface area contributed by atoms with Crippen LogP contribution in [0.25, 0.3) is 0 Å².